The first-order chi connectivity index (χ1) is 5.61. The maximum absolute atomic E-state index is 3.08. The molecule has 2 aliphatic rings. The fourth-order valence-electron chi connectivity index (χ4n) is 4.05. The van der Waals surface area contributed by atoms with E-state index in [1.54, 1.807) is 0 Å². The first kappa shape index (κ1) is 9.00. The molecule has 0 aliphatic heterocycles. The number of rotatable bonds is 0. The van der Waals surface area contributed by atoms with Crippen LogP contribution in [0.1, 0.15) is 33.6 Å². The molecule has 0 aromatic heterocycles. The van der Waals surface area contributed by atoms with Crippen molar-refractivity contribution in [2.24, 2.45) is 29.6 Å². The third-order valence-corrected chi connectivity index (χ3v) is 5.01. The minimum Gasteiger partial charge on any atom is -0.134 e. The molecule has 1 heteroatoms. The van der Waals surface area contributed by atoms with Gasteiger partial charge in [-0.05, 0) is 48.1 Å². The lowest BCUT2D eigenvalue weighted by Crippen LogP contribution is -2.17. The predicted molar refractivity (Wildman–Crippen MR) is 57.2 cm³/mol. The van der Waals surface area contributed by atoms with Crippen LogP contribution in [-0.2, 0) is 0 Å². The Labute approximate surface area is 78.7 Å². The highest BCUT2D eigenvalue weighted by atomic mass is 31.0. The molecule has 0 spiro atoms. The summed E-state index contributed by atoms with van der Waals surface area (Å²) in [4.78, 5) is 0. The Morgan fingerprint density at radius 2 is 1.33 bits per heavy atom. The summed E-state index contributed by atoms with van der Waals surface area (Å²) in [6.07, 6.45) is 2.93. The van der Waals surface area contributed by atoms with Gasteiger partial charge in [0.15, 0.2) is 0 Å². The quantitative estimate of drug-likeness (QED) is 0.507. The molecule has 0 nitrogen and oxygen atoms in total. The average molecular weight is 184 g/mol. The van der Waals surface area contributed by atoms with E-state index < -0.39 is 0 Å². The van der Waals surface area contributed by atoms with Gasteiger partial charge in [-0.15, -0.1) is 9.24 Å². The average Bonchev–Trinajstić information content (AvgIpc) is 2.38. The van der Waals surface area contributed by atoms with E-state index in [2.05, 4.69) is 30.0 Å². The second-order valence-corrected chi connectivity index (χ2v) is 6.08. The lowest BCUT2D eigenvalue weighted by atomic mass is 9.86. The molecule has 0 saturated heterocycles. The lowest BCUT2D eigenvalue weighted by molar-refractivity contribution is 0.294. The predicted octanol–water partition coefficient (Wildman–Crippen LogP) is 3.18. The van der Waals surface area contributed by atoms with E-state index >= 15 is 0 Å². The van der Waals surface area contributed by atoms with Gasteiger partial charge in [-0.2, -0.15) is 0 Å². The van der Waals surface area contributed by atoms with Crippen molar-refractivity contribution in [2.75, 3.05) is 0 Å². The molecular weight excluding hydrogens is 163 g/mol. The molecule has 0 aromatic rings. The molecule has 2 aliphatic carbocycles. The van der Waals surface area contributed by atoms with Crippen LogP contribution in [0.25, 0.3) is 0 Å². The molecule has 70 valence electrons. The summed E-state index contributed by atoms with van der Waals surface area (Å²) in [6, 6.07) is 0. The smallest absolute Gasteiger partial charge is 0.0228 e. The lowest BCUT2D eigenvalue weighted by Gasteiger charge is -2.21. The molecular formula is C11H21P. The minimum atomic E-state index is 0.921. The molecule has 0 bridgehead atoms. The van der Waals surface area contributed by atoms with Crippen molar-refractivity contribution in [3.8, 4) is 0 Å². The van der Waals surface area contributed by atoms with E-state index in [-0.39, 0.29) is 0 Å². The Hall–Kier alpha value is 0.430. The second kappa shape index (κ2) is 2.98. The summed E-state index contributed by atoms with van der Waals surface area (Å²) in [7, 11) is 3.08. The molecule has 0 aromatic carbocycles. The number of hydrogen-bond donors (Lipinski definition) is 0. The zero-order valence-electron chi connectivity index (χ0n) is 8.46. The van der Waals surface area contributed by atoms with Gasteiger partial charge in [-0.3, -0.25) is 0 Å². The zero-order chi connectivity index (χ0) is 8.88. The first-order valence-electron chi connectivity index (χ1n) is 5.37. The molecule has 2 fully saturated rings. The van der Waals surface area contributed by atoms with Crippen molar-refractivity contribution in [1.29, 1.82) is 0 Å². The normalized spacial score (nSPS) is 59.0. The molecule has 2 saturated carbocycles. The Morgan fingerprint density at radius 1 is 0.833 bits per heavy atom. The highest BCUT2D eigenvalue weighted by Crippen LogP contribution is 2.55. The van der Waals surface area contributed by atoms with Crippen molar-refractivity contribution in [3.05, 3.63) is 0 Å². The summed E-state index contributed by atoms with van der Waals surface area (Å²) in [5, 5.41) is 0. The Balaban J connectivity index is 2.20. The summed E-state index contributed by atoms with van der Waals surface area (Å²) in [6.45, 7) is 7.37. The fraction of sp³-hybridized carbons (Fsp3) is 1.00. The van der Waals surface area contributed by atoms with Gasteiger partial charge in [0.25, 0.3) is 0 Å². The van der Waals surface area contributed by atoms with E-state index in [1.165, 1.54) is 12.8 Å². The Kier molecular flexibility index (Phi) is 2.24. The molecule has 0 radical (unpaired) electrons. The van der Waals surface area contributed by atoms with Crippen LogP contribution in [0.2, 0.25) is 0 Å². The van der Waals surface area contributed by atoms with E-state index in [1.807, 2.05) is 0 Å². The molecule has 0 heterocycles. The topological polar surface area (TPSA) is 0 Å². The van der Waals surface area contributed by atoms with Crippen LogP contribution in [0.3, 0.4) is 0 Å². The zero-order valence-corrected chi connectivity index (χ0v) is 9.61. The van der Waals surface area contributed by atoms with Gasteiger partial charge in [0.05, 0.1) is 0 Å². The summed E-state index contributed by atoms with van der Waals surface area (Å²) >= 11 is 0. The van der Waals surface area contributed by atoms with Gasteiger partial charge >= 0.3 is 0 Å². The van der Waals surface area contributed by atoms with Crippen LogP contribution < -0.4 is 0 Å². The van der Waals surface area contributed by atoms with E-state index in [9.17, 15) is 0 Å². The van der Waals surface area contributed by atoms with Gasteiger partial charge < -0.3 is 0 Å². The van der Waals surface area contributed by atoms with Gasteiger partial charge in [0.1, 0.15) is 0 Å². The van der Waals surface area contributed by atoms with E-state index in [4.69, 9.17) is 0 Å². The summed E-state index contributed by atoms with van der Waals surface area (Å²) in [5.41, 5.74) is 0.921. The SMILES string of the molecule is CC1CC(C)C2C(P)CC(C)C12. The van der Waals surface area contributed by atoms with Crippen LogP contribution >= 0.6 is 9.24 Å². The first-order valence-corrected chi connectivity index (χ1v) is 6.03. The minimum absolute atomic E-state index is 0.921. The fourth-order valence-corrected chi connectivity index (χ4v) is 5.12. The Bertz CT molecular complexity index is 142. The Morgan fingerprint density at radius 3 is 1.92 bits per heavy atom. The maximum atomic E-state index is 3.08. The van der Waals surface area contributed by atoms with Gasteiger partial charge in [-0.1, -0.05) is 20.8 Å². The highest BCUT2D eigenvalue weighted by Gasteiger charge is 2.48. The van der Waals surface area contributed by atoms with Gasteiger partial charge in [0.2, 0.25) is 0 Å². The molecule has 12 heavy (non-hydrogen) atoms. The number of fused-ring (bicyclic) bond motifs is 1. The molecule has 7 atom stereocenters. The monoisotopic (exact) mass is 184 g/mol. The van der Waals surface area contributed by atoms with Crippen molar-refractivity contribution in [3.63, 3.8) is 0 Å². The van der Waals surface area contributed by atoms with Gasteiger partial charge in [-0.25, -0.2) is 0 Å². The van der Waals surface area contributed by atoms with E-state index in [0.29, 0.717) is 0 Å². The summed E-state index contributed by atoms with van der Waals surface area (Å²) < 4.78 is 0. The third kappa shape index (κ3) is 1.15. The van der Waals surface area contributed by atoms with Crippen molar-refractivity contribution in [1.82, 2.24) is 0 Å². The molecule has 0 amide bonds. The molecule has 7 unspecified atom stereocenters. The number of hydrogen-bond acceptors (Lipinski definition) is 0. The molecule has 2 rings (SSSR count). The van der Waals surface area contributed by atoms with Crippen molar-refractivity contribution in [2.45, 2.75) is 39.3 Å². The standard InChI is InChI=1S/C11H21P/c1-6-4-7(2)11-9(12)5-8(3)10(6)11/h6-11H,4-5,12H2,1-3H3. The second-order valence-electron chi connectivity index (χ2n) is 5.22. The largest absolute Gasteiger partial charge is 0.134 e. The van der Waals surface area contributed by atoms with Crippen LogP contribution in [0.4, 0.5) is 0 Å². The maximum Gasteiger partial charge on any atom is -0.0228 e. The summed E-state index contributed by atoms with van der Waals surface area (Å²) in [5.74, 6) is 5.03. The van der Waals surface area contributed by atoms with Crippen molar-refractivity contribution >= 4 is 9.24 Å². The highest BCUT2D eigenvalue weighted by molar-refractivity contribution is 7.17. The third-order valence-electron chi connectivity index (χ3n) is 4.30. The van der Waals surface area contributed by atoms with Crippen LogP contribution in [-0.4, -0.2) is 5.66 Å². The van der Waals surface area contributed by atoms with Crippen molar-refractivity contribution < 1.29 is 0 Å². The van der Waals surface area contributed by atoms with Gasteiger partial charge in [0, 0.05) is 0 Å². The molecule has 0 N–H and O–H groups in total. The van der Waals surface area contributed by atoms with Crippen LogP contribution in [0.5, 0.6) is 0 Å². The van der Waals surface area contributed by atoms with Crippen LogP contribution in [0.15, 0.2) is 0 Å². The van der Waals surface area contributed by atoms with E-state index in [0.717, 1.165) is 35.2 Å². The van der Waals surface area contributed by atoms with Crippen LogP contribution in [0, 0.1) is 29.6 Å².